The quantitative estimate of drug-likeness (QED) is 0.724. The van der Waals surface area contributed by atoms with Crippen molar-refractivity contribution in [3.63, 3.8) is 0 Å². The normalized spacial score (nSPS) is 29.3. The first-order chi connectivity index (χ1) is 9.09. The van der Waals surface area contributed by atoms with Crippen LogP contribution in [0.3, 0.4) is 0 Å². The lowest BCUT2D eigenvalue weighted by molar-refractivity contribution is -0.126. The van der Waals surface area contributed by atoms with E-state index in [0.717, 1.165) is 13.1 Å². The van der Waals surface area contributed by atoms with Crippen LogP contribution in [0, 0.1) is 5.92 Å². The predicted octanol–water partition coefficient (Wildman–Crippen LogP) is 0.211. The number of nitrogens with zero attached hydrogens (tertiary/aromatic N) is 1. The Hall–Kier alpha value is -0.650. The Morgan fingerprint density at radius 1 is 1.37 bits per heavy atom. The minimum Gasteiger partial charge on any atom is -0.379 e. The van der Waals surface area contributed by atoms with E-state index in [0.29, 0.717) is 13.2 Å². The van der Waals surface area contributed by atoms with Gasteiger partial charge >= 0.3 is 0 Å². The van der Waals surface area contributed by atoms with Gasteiger partial charge in [0.05, 0.1) is 19.1 Å². The first kappa shape index (κ1) is 14.8. The molecule has 0 aromatic heterocycles. The summed E-state index contributed by atoms with van der Waals surface area (Å²) >= 11 is 0. The van der Waals surface area contributed by atoms with Crippen molar-refractivity contribution in [2.24, 2.45) is 5.92 Å². The summed E-state index contributed by atoms with van der Waals surface area (Å²) in [6.07, 6.45) is 3.62. The van der Waals surface area contributed by atoms with E-state index in [2.05, 4.69) is 36.6 Å². The van der Waals surface area contributed by atoms with Crippen LogP contribution in [-0.4, -0.2) is 62.8 Å². The van der Waals surface area contributed by atoms with Crippen LogP contribution in [0.25, 0.3) is 0 Å². The van der Waals surface area contributed by atoms with Gasteiger partial charge in [0.1, 0.15) is 0 Å². The molecule has 2 atom stereocenters. The number of nitrogens with one attached hydrogen (secondary N) is 2. The summed E-state index contributed by atoms with van der Waals surface area (Å²) < 4.78 is 5.43. The maximum Gasteiger partial charge on any atom is 0.227 e. The summed E-state index contributed by atoms with van der Waals surface area (Å²) in [7, 11) is 4.21. The molecule has 1 aliphatic heterocycles. The van der Waals surface area contributed by atoms with Crippen LogP contribution in [-0.2, 0) is 9.53 Å². The second kappa shape index (κ2) is 6.20. The summed E-state index contributed by atoms with van der Waals surface area (Å²) in [5, 5.41) is 6.46. The Labute approximate surface area is 116 Å². The van der Waals surface area contributed by atoms with Gasteiger partial charge in [-0.15, -0.1) is 0 Å². The Morgan fingerprint density at radius 3 is 2.63 bits per heavy atom. The van der Waals surface area contributed by atoms with E-state index in [1.807, 2.05) is 0 Å². The molecule has 2 rings (SSSR count). The molecule has 1 aliphatic carbocycles. The van der Waals surface area contributed by atoms with Crippen molar-refractivity contribution in [2.75, 3.05) is 40.4 Å². The fourth-order valence-electron chi connectivity index (χ4n) is 3.03. The van der Waals surface area contributed by atoms with Gasteiger partial charge in [-0.25, -0.2) is 0 Å². The van der Waals surface area contributed by atoms with Gasteiger partial charge in [0, 0.05) is 18.1 Å². The summed E-state index contributed by atoms with van der Waals surface area (Å²) in [6.45, 7) is 4.87. The molecule has 0 radical (unpaired) electrons. The number of rotatable bonds is 6. The highest BCUT2D eigenvalue weighted by Crippen LogP contribution is 2.35. The Balaban J connectivity index is 1.84. The lowest BCUT2D eigenvalue weighted by atomic mass is 9.75. The summed E-state index contributed by atoms with van der Waals surface area (Å²) in [4.78, 5) is 14.5. The maximum atomic E-state index is 12.3. The number of carbonyl (C=O) groups excluding carboxylic acids is 1. The predicted molar refractivity (Wildman–Crippen MR) is 75.1 cm³/mol. The number of likely N-dealkylation sites (N-methyl/N-ethyl adjacent to an activating group) is 2. The largest absolute Gasteiger partial charge is 0.379 e. The minimum atomic E-state index is -0.0424. The second-order valence-corrected chi connectivity index (χ2v) is 6.00. The minimum absolute atomic E-state index is 0.0424. The summed E-state index contributed by atoms with van der Waals surface area (Å²) in [5.41, 5.74) is 0.183. The van der Waals surface area contributed by atoms with E-state index < -0.39 is 0 Å². The molecular formula is C14H27N3O2. The van der Waals surface area contributed by atoms with E-state index in [9.17, 15) is 4.79 Å². The SMILES string of the molecule is CCNC1COCC1C(=O)NCC1(N(C)C)CCC1. The van der Waals surface area contributed by atoms with Crippen LogP contribution in [0.5, 0.6) is 0 Å². The molecule has 0 spiro atoms. The lowest BCUT2D eigenvalue weighted by Crippen LogP contribution is -2.58. The topological polar surface area (TPSA) is 53.6 Å². The van der Waals surface area contributed by atoms with E-state index in [1.165, 1.54) is 19.3 Å². The monoisotopic (exact) mass is 269 g/mol. The number of hydrogen-bond donors (Lipinski definition) is 2. The molecule has 1 amide bonds. The Morgan fingerprint density at radius 2 is 2.11 bits per heavy atom. The Bertz CT molecular complexity index is 316. The average Bonchev–Trinajstić information content (AvgIpc) is 2.75. The molecule has 2 aliphatic rings. The van der Waals surface area contributed by atoms with Gasteiger partial charge < -0.3 is 20.3 Å². The lowest BCUT2D eigenvalue weighted by Gasteiger charge is -2.47. The highest BCUT2D eigenvalue weighted by molar-refractivity contribution is 5.80. The van der Waals surface area contributed by atoms with Crippen molar-refractivity contribution in [1.82, 2.24) is 15.5 Å². The summed E-state index contributed by atoms with van der Waals surface area (Å²) in [5.74, 6) is 0.0933. The molecule has 2 unspecified atom stereocenters. The molecule has 1 heterocycles. The van der Waals surface area contributed by atoms with Gasteiger partial charge in [0.25, 0.3) is 0 Å². The van der Waals surface area contributed by atoms with Crippen LogP contribution in [0.4, 0.5) is 0 Å². The van der Waals surface area contributed by atoms with Crippen molar-refractivity contribution >= 4 is 5.91 Å². The number of hydrogen-bond acceptors (Lipinski definition) is 4. The maximum absolute atomic E-state index is 12.3. The Kier molecular flexibility index (Phi) is 4.81. The van der Waals surface area contributed by atoms with Crippen molar-refractivity contribution < 1.29 is 9.53 Å². The molecule has 5 heteroatoms. The van der Waals surface area contributed by atoms with E-state index >= 15 is 0 Å². The average molecular weight is 269 g/mol. The fourth-order valence-corrected chi connectivity index (χ4v) is 3.03. The third-order valence-electron chi connectivity index (χ3n) is 4.71. The molecule has 2 N–H and O–H groups in total. The van der Waals surface area contributed by atoms with Crippen LogP contribution >= 0.6 is 0 Å². The van der Waals surface area contributed by atoms with Gasteiger partial charge in [-0.3, -0.25) is 4.79 Å². The summed E-state index contributed by atoms with van der Waals surface area (Å²) in [6, 6.07) is 0.168. The molecule has 2 fully saturated rings. The van der Waals surface area contributed by atoms with Gasteiger partial charge in [-0.1, -0.05) is 6.92 Å². The molecule has 1 saturated heterocycles. The van der Waals surface area contributed by atoms with Crippen LogP contribution in [0.2, 0.25) is 0 Å². The molecule has 0 aromatic rings. The standard InChI is InChI=1S/C14H27N3O2/c1-4-15-12-9-19-8-11(12)13(18)16-10-14(17(2)3)6-5-7-14/h11-12,15H,4-10H2,1-3H3,(H,16,18). The highest BCUT2D eigenvalue weighted by atomic mass is 16.5. The first-order valence-corrected chi connectivity index (χ1v) is 7.35. The van der Waals surface area contributed by atoms with E-state index in [-0.39, 0.29) is 23.4 Å². The second-order valence-electron chi connectivity index (χ2n) is 6.00. The molecule has 19 heavy (non-hydrogen) atoms. The molecule has 1 saturated carbocycles. The van der Waals surface area contributed by atoms with Crippen LogP contribution in [0.15, 0.2) is 0 Å². The van der Waals surface area contributed by atoms with Gasteiger partial charge in [-0.2, -0.15) is 0 Å². The van der Waals surface area contributed by atoms with Crippen LogP contribution < -0.4 is 10.6 Å². The smallest absolute Gasteiger partial charge is 0.227 e. The van der Waals surface area contributed by atoms with Crippen molar-refractivity contribution in [1.29, 1.82) is 0 Å². The number of carbonyl (C=O) groups is 1. The van der Waals surface area contributed by atoms with Crippen molar-refractivity contribution in [2.45, 2.75) is 37.8 Å². The molecule has 110 valence electrons. The van der Waals surface area contributed by atoms with Gasteiger partial charge in [0.15, 0.2) is 0 Å². The van der Waals surface area contributed by atoms with Gasteiger partial charge in [-0.05, 0) is 39.9 Å². The van der Waals surface area contributed by atoms with Crippen molar-refractivity contribution in [3.8, 4) is 0 Å². The number of amides is 1. The fraction of sp³-hybridized carbons (Fsp3) is 0.929. The molecule has 0 aromatic carbocycles. The first-order valence-electron chi connectivity index (χ1n) is 7.35. The molecule has 5 nitrogen and oxygen atoms in total. The van der Waals surface area contributed by atoms with E-state index in [4.69, 9.17) is 4.74 Å². The zero-order valence-corrected chi connectivity index (χ0v) is 12.4. The third kappa shape index (κ3) is 3.09. The zero-order chi connectivity index (χ0) is 13.9. The molecule has 0 bridgehead atoms. The van der Waals surface area contributed by atoms with Crippen molar-refractivity contribution in [3.05, 3.63) is 0 Å². The van der Waals surface area contributed by atoms with E-state index in [1.54, 1.807) is 0 Å². The zero-order valence-electron chi connectivity index (χ0n) is 12.4. The highest BCUT2D eigenvalue weighted by Gasteiger charge is 2.40. The third-order valence-corrected chi connectivity index (χ3v) is 4.71. The van der Waals surface area contributed by atoms with Gasteiger partial charge in [0.2, 0.25) is 5.91 Å². The molecular weight excluding hydrogens is 242 g/mol. The number of ether oxygens (including phenoxy) is 1. The van der Waals surface area contributed by atoms with Crippen LogP contribution in [0.1, 0.15) is 26.2 Å².